The summed E-state index contributed by atoms with van der Waals surface area (Å²) in [6, 6.07) is 0. The average molecular weight is 486 g/mol. The number of hydrogen-bond donors (Lipinski definition) is 1. The first kappa shape index (κ1) is 28.6. The third-order valence-corrected chi connectivity index (χ3v) is 9.97. The minimum atomic E-state index is 0.0922. The second-order valence-electron chi connectivity index (χ2n) is 10.7. The fourth-order valence-corrected chi connectivity index (χ4v) is 7.88. The number of hydrogen-bond acceptors (Lipinski definition) is 4. The van der Waals surface area contributed by atoms with Crippen molar-refractivity contribution in [1.29, 1.82) is 0 Å². The molecule has 3 aliphatic carbocycles. The summed E-state index contributed by atoms with van der Waals surface area (Å²) < 4.78 is 0. The van der Waals surface area contributed by atoms with Crippen molar-refractivity contribution in [2.24, 2.45) is 40.4 Å². The van der Waals surface area contributed by atoms with Gasteiger partial charge in [-0.15, -0.1) is 18.3 Å². The molecular weight excluding hydrogens is 438 g/mol. The lowest BCUT2D eigenvalue weighted by Crippen LogP contribution is -2.48. The fraction of sp³-hybridized carbons (Fsp3) is 0.690. The molecule has 4 nitrogen and oxygen atoms in total. The molecule has 4 rings (SSSR count). The highest BCUT2D eigenvalue weighted by atomic mass is 32.2. The molecule has 0 bridgehead atoms. The van der Waals surface area contributed by atoms with Crippen LogP contribution in [0.4, 0.5) is 0 Å². The molecule has 0 radical (unpaired) electrons. The highest BCUT2D eigenvalue weighted by Gasteiger charge is 2.58. The topological polar surface area (TPSA) is 58.6 Å². The lowest BCUT2D eigenvalue weighted by molar-refractivity contribution is -0.104. The smallest absolute Gasteiger partial charge is 0.208 e. The molecule has 3 fully saturated rings. The van der Waals surface area contributed by atoms with Gasteiger partial charge in [0.15, 0.2) is 0 Å². The zero-order valence-corrected chi connectivity index (χ0v) is 23.4. The Labute approximate surface area is 212 Å². The molecule has 5 heteroatoms. The Kier molecular flexibility index (Phi) is 10.4. The van der Waals surface area contributed by atoms with Crippen LogP contribution in [0.5, 0.6) is 0 Å². The van der Waals surface area contributed by atoms with Crippen LogP contribution >= 0.6 is 11.8 Å². The van der Waals surface area contributed by atoms with E-state index < -0.39 is 0 Å². The zero-order chi connectivity index (χ0) is 25.5. The van der Waals surface area contributed by atoms with Gasteiger partial charge in [0.2, 0.25) is 5.16 Å². The highest BCUT2D eigenvalue weighted by Crippen LogP contribution is 2.66. The van der Waals surface area contributed by atoms with Crippen molar-refractivity contribution in [1.82, 2.24) is 15.2 Å². The van der Waals surface area contributed by atoms with E-state index in [1.54, 1.807) is 11.8 Å². The van der Waals surface area contributed by atoms with Crippen LogP contribution in [-0.2, 0) is 4.79 Å². The summed E-state index contributed by atoms with van der Waals surface area (Å²) in [5, 5.41) is 7.55. The summed E-state index contributed by atoms with van der Waals surface area (Å²) in [5.74, 6) is 6.06. The first-order valence-corrected chi connectivity index (χ1v) is 14.0. The molecular formula is C29H47N3OS. The number of fused-ring (bicyclic) bond motifs is 3. The Morgan fingerprint density at radius 2 is 1.91 bits per heavy atom. The number of aromatic amines is 1. The largest absolute Gasteiger partial charge is 0.299 e. The Bertz CT molecular complexity index is 861. The van der Waals surface area contributed by atoms with Crippen molar-refractivity contribution in [3.05, 3.63) is 42.8 Å². The number of allylic oxidation sites excluding steroid dienone is 4. The number of nitrogens with zero attached hydrogens (tertiary/aromatic N) is 2. The van der Waals surface area contributed by atoms with Crippen LogP contribution in [0.2, 0.25) is 0 Å². The normalized spacial score (nSPS) is 37.7. The van der Waals surface area contributed by atoms with Gasteiger partial charge in [-0.1, -0.05) is 64.1 Å². The number of aromatic nitrogens is 3. The number of carbonyl (C=O) groups is 1. The van der Waals surface area contributed by atoms with E-state index in [-0.39, 0.29) is 5.41 Å². The number of rotatable bonds is 4. The maximum atomic E-state index is 11.1. The van der Waals surface area contributed by atoms with Crippen LogP contribution in [0.3, 0.4) is 0 Å². The molecule has 0 saturated heterocycles. The van der Waals surface area contributed by atoms with E-state index >= 15 is 0 Å². The molecule has 0 aliphatic heterocycles. The molecule has 6 unspecified atom stereocenters. The number of nitrogens with one attached hydrogen (secondary N) is 1. The summed E-state index contributed by atoms with van der Waals surface area (Å²) in [6.07, 6.45) is 14.0. The Morgan fingerprint density at radius 3 is 2.47 bits per heavy atom. The molecule has 0 aromatic carbocycles. The predicted molar refractivity (Wildman–Crippen MR) is 146 cm³/mol. The fourth-order valence-electron chi connectivity index (χ4n) is 7.31. The lowest BCUT2D eigenvalue weighted by atomic mass is 9.48. The maximum absolute atomic E-state index is 11.1. The van der Waals surface area contributed by atoms with Crippen molar-refractivity contribution in [3.8, 4) is 0 Å². The zero-order valence-electron chi connectivity index (χ0n) is 22.6. The van der Waals surface area contributed by atoms with Gasteiger partial charge in [-0.3, -0.25) is 9.89 Å². The van der Waals surface area contributed by atoms with Crippen molar-refractivity contribution >= 4 is 18.0 Å². The molecule has 3 saturated carbocycles. The molecule has 1 aromatic heterocycles. The number of carbonyl (C=O) groups excluding carboxylic acids is 1. The van der Waals surface area contributed by atoms with Crippen LogP contribution < -0.4 is 0 Å². The summed E-state index contributed by atoms with van der Waals surface area (Å²) in [7, 11) is 0. The van der Waals surface area contributed by atoms with E-state index in [0.717, 1.165) is 53.1 Å². The molecule has 1 aromatic rings. The van der Waals surface area contributed by atoms with Crippen molar-refractivity contribution in [2.45, 2.75) is 85.7 Å². The minimum Gasteiger partial charge on any atom is -0.299 e. The van der Waals surface area contributed by atoms with Gasteiger partial charge >= 0.3 is 0 Å². The van der Waals surface area contributed by atoms with Gasteiger partial charge in [-0.25, -0.2) is 4.98 Å². The Hall–Kier alpha value is -1.62. The average Bonchev–Trinajstić information content (AvgIpc) is 3.33. The van der Waals surface area contributed by atoms with Gasteiger partial charge in [0, 0.05) is 5.41 Å². The first-order valence-electron chi connectivity index (χ1n) is 13.0. The molecule has 0 spiro atoms. The number of aryl methyl sites for hydroxylation is 1. The SMILES string of the molecule is C/C=C\C1(C)/C(=C\C=O)CCC2C1CCC1(C)C2C[C@@H](C)C1C.C=C.CCSc1n[nH]c(C)n1. The van der Waals surface area contributed by atoms with Crippen LogP contribution in [-0.4, -0.2) is 27.2 Å². The molecule has 0 amide bonds. The molecule has 1 heterocycles. The van der Waals surface area contributed by atoms with Crippen LogP contribution in [0.25, 0.3) is 0 Å². The third kappa shape index (κ3) is 5.61. The highest BCUT2D eigenvalue weighted by molar-refractivity contribution is 7.99. The quantitative estimate of drug-likeness (QED) is 0.204. The lowest BCUT2D eigenvalue weighted by Gasteiger charge is -2.56. The molecule has 1 N–H and O–H groups in total. The predicted octanol–water partition coefficient (Wildman–Crippen LogP) is 7.84. The van der Waals surface area contributed by atoms with Crippen LogP contribution in [0.1, 0.15) is 79.5 Å². The monoisotopic (exact) mass is 485 g/mol. The van der Waals surface area contributed by atoms with Crippen LogP contribution in [0, 0.1) is 47.3 Å². The molecule has 34 heavy (non-hydrogen) atoms. The molecule has 190 valence electrons. The minimum absolute atomic E-state index is 0.0922. The Morgan fingerprint density at radius 1 is 1.21 bits per heavy atom. The number of thioether (sulfide) groups is 1. The van der Waals surface area contributed by atoms with Crippen molar-refractivity contribution in [2.75, 3.05) is 5.75 Å². The van der Waals surface area contributed by atoms with Gasteiger partial charge in [-0.05, 0) is 92.8 Å². The summed E-state index contributed by atoms with van der Waals surface area (Å²) in [4.78, 5) is 15.2. The van der Waals surface area contributed by atoms with Gasteiger partial charge in [-0.2, -0.15) is 0 Å². The van der Waals surface area contributed by atoms with Gasteiger partial charge in [0.25, 0.3) is 0 Å². The second-order valence-corrected chi connectivity index (χ2v) is 11.9. The third-order valence-electron chi connectivity index (χ3n) is 9.24. The van der Waals surface area contributed by atoms with Crippen LogP contribution in [0.15, 0.2) is 42.1 Å². The molecule has 7 atom stereocenters. The number of aldehydes is 1. The van der Waals surface area contributed by atoms with E-state index in [2.05, 4.69) is 82.0 Å². The second kappa shape index (κ2) is 12.4. The Balaban J connectivity index is 0.000000311. The standard InChI is InChI=1S/C22H34O.C5H9N3S.C2H4/c1-6-11-22(5)17(10-13-23)7-8-18-19(22)9-12-21(4)16(3)15(2)14-20(18)21;1-3-9-5-6-4(2)7-8-5;1-2/h6,10-11,13,15-16,18-20H,7-9,12,14H2,1-5H3;3H2,1-2H3,(H,6,7,8);1-2H2/b11-6-,17-10-;;/t15-,16?,18?,19?,20?,21?,22?;;/m1../s1. The number of H-pyrrole nitrogens is 1. The van der Waals surface area contributed by atoms with E-state index in [1.807, 2.05) is 13.0 Å². The van der Waals surface area contributed by atoms with Gasteiger partial charge in [0.05, 0.1) is 0 Å². The van der Waals surface area contributed by atoms with Crippen molar-refractivity contribution in [3.63, 3.8) is 0 Å². The maximum Gasteiger partial charge on any atom is 0.208 e. The van der Waals surface area contributed by atoms with E-state index in [4.69, 9.17) is 0 Å². The summed E-state index contributed by atoms with van der Waals surface area (Å²) in [5.41, 5.74) is 2.01. The van der Waals surface area contributed by atoms with E-state index in [9.17, 15) is 4.79 Å². The van der Waals surface area contributed by atoms with E-state index in [0.29, 0.717) is 11.3 Å². The van der Waals surface area contributed by atoms with Crippen molar-refractivity contribution < 1.29 is 4.79 Å². The summed E-state index contributed by atoms with van der Waals surface area (Å²) >= 11 is 1.64. The van der Waals surface area contributed by atoms with Gasteiger partial charge < -0.3 is 0 Å². The first-order chi connectivity index (χ1) is 16.2. The summed E-state index contributed by atoms with van der Waals surface area (Å²) in [6.45, 7) is 22.0. The molecule has 3 aliphatic rings. The van der Waals surface area contributed by atoms with Gasteiger partial charge in [0.1, 0.15) is 12.1 Å². The van der Waals surface area contributed by atoms with E-state index in [1.165, 1.54) is 31.3 Å².